The smallest absolute Gasteiger partial charge is 0.0932 e. The molecule has 68 valence electrons. The molecule has 0 bridgehead atoms. The molecule has 0 radical (unpaired) electrons. The molecule has 2 rings (SSSR count). The molecular formula is C10H11IN2. The van der Waals surface area contributed by atoms with E-state index < -0.39 is 0 Å². The van der Waals surface area contributed by atoms with Crippen molar-refractivity contribution in [1.29, 1.82) is 0 Å². The van der Waals surface area contributed by atoms with Gasteiger partial charge in [-0.05, 0) is 23.6 Å². The molecule has 0 aliphatic carbocycles. The first-order chi connectivity index (χ1) is 6.16. The van der Waals surface area contributed by atoms with Crippen molar-refractivity contribution in [3.8, 4) is 0 Å². The van der Waals surface area contributed by atoms with Crippen LogP contribution >= 0.6 is 22.9 Å². The molecular weight excluding hydrogens is 275 g/mol. The Balaban J connectivity index is 2.61. The highest BCUT2D eigenvalue weighted by Gasteiger charge is 2.02. The normalized spacial score (nSPS) is 11.4. The van der Waals surface area contributed by atoms with Gasteiger partial charge in [-0.2, -0.15) is 5.10 Å². The van der Waals surface area contributed by atoms with Gasteiger partial charge in [-0.1, -0.05) is 19.9 Å². The Labute approximate surface area is 91.4 Å². The number of hydrogen-bond donors (Lipinski definition) is 0. The highest BCUT2D eigenvalue weighted by atomic mass is 127. The average molecular weight is 286 g/mol. The van der Waals surface area contributed by atoms with E-state index in [-0.39, 0.29) is 0 Å². The first kappa shape index (κ1) is 8.99. The van der Waals surface area contributed by atoms with E-state index in [4.69, 9.17) is 0 Å². The van der Waals surface area contributed by atoms with E-state index in [0.29, 0.717) is 5.92 Å². The van der Waals surface area contributed by atoms with Crippen LogP contribution < -0.4 is 0 Å². The van der Waals surface area contributed by atoms with Crippen LogP contribution in [0.4, 0.5) is 0 Å². The molecule has 1 aromatic heterocycles. The monoisotopic (exact) mass is 286 g/mol. The fourth-order valence-electron chi connectivity index (χ4n) is 1.37. The first-order valence-electron chi connectivity index (χ1n) is 4.32. The molecule has 0 atom stereocenters. The lowest BCUT2D eigenvalue weighted by molar-refractivity contribution is 0.869. The fourth-order valence-corrected chi connectivity index (χ4v) is 1.91. The summed E-state index contributed by atoms with van der Waals surface area (Å²) in [5.74, 6) is 0.585. The Morgan fingerprint density at radius 2 is 2.15 bits per heavy atom. The van der Waals surface area contributed by atoms with Crippen LogP contribution in [0.15, 0.2) is 24.4 Å². The molecule has 0 N–H and O–H groups in total. The Morgan fingerprint density at radius 1 is 1.38 bits per heavy atom. The molecule has 0 aliphatic heterocycles. The van der Waals surface area contributed by atoms with Crippen LogP contribution in [-0.2, 0) is 0 Å². The molecule has 0 spiro atoms. The first-order valence-corrected chi connectivity index (χ1v) is 5.29. The van der Waals surface area contributed by atoms with Crippen molar-refractivity contribution in [2.24, 2.45) is 0 Å². The summed E-state index contributed by atoms with van der Waals surface area (Å²) in [6.07, 6.45) is 2.04. The number of benzene rings is 1. The summed E-state index contributed by atoms with van der Waals surface area (Å²) >= 11 is 2.17. The van der Waals surface area contributed by atoms with Gasteiger partial charge in [0.15, 0.2) is 0 Å². The van der Waals surface area contributed by atoms with Gasteiger partial charge in [0.25, 0.3) is 0 Å². The molecule has 0 saturated heterocycles. The molecule has 0 aliphatic rings. The molecule has 2 aromatic rings. The summed E-state index contributed by atoms with van der Waals surface area (Å²) in [5, 5.41) is 5.54. The molecule has 0 fully saturated rings. The molecule has 2 nitrogen and oxygen atoms in total. The van der Waals surface area contributed by atoms with E-state index in [9.17, 15) is 0 Å². The Hall–Kier alpha value is -0.580. The number of aromatic nitrogens is 2. The highest BCUT2D eigenvalue weighted by molar-refractivity contribution is 14.1. The molecule has 13 heavy (non-hydrogen) atoms. The molecule has 0 amide bonds. The van der Waals surface area contributed by atoms with Gasteiger partial charge in [0.1, 0.15) is 0 Å². The number of halogens is 1. The lowest BCUT2D eigenvalue weighted by Gasteiger charge is -2.03. The summed E-state index contributed by atoms with van der Waals surface area (Å²) in [6, 6.07) is 6.44. The lowest BCUT2D eigenvalue weighted by Crippen LogP contribution is -1.85. The van der Waals surface area contributed by atoms with Crippen LogP contribution in [0.5, 0.6) is 0 Å². The third-order valence-electron chi connectivity index (χ3n) is 2.17. The topological polar surface area (TPSA) is 17.8 Å². The molecule has 0 saturated carbocycles. The van der Waals surface area contributed by atoms with Crippen LogP contribution in [0, 0.1) is 0 Å². The second-order valence-corrected chi connectivity index (χ2v) is 4.48. The predicted molar refractivity (Wildman–Crippen MR) is 63.2 cm³/mol. The summed E-state index contributed by atoms with van der Waals surface area (Å²) < 4.78 is 1.83. The van der Waals surface area contributed by atoms with Crippen molar-refractivity contribution in [1.82, 2.24) is 7.99 Å². The molecule has 0 unspecified atom stereocenters. The number of rotatable bonds is 1. The minimum absolute atomic E-state index is 0.585. The van der Waals surface area contributed by atoms with Gasteiger partial charge in [-0.3, -0.25) is 0 Å². The maximum absolute atomic E-state index is 4.32. The maximum Gasteiger partial charge on any atom is 0.0932 e. The summed E-state index contributed by atoms with van der Waals surface area (Å²) in [6.45, 7) is 4.41. The van der Waals surface area contributed by atoms with E-state index in [0.717, 1.165) is 5.52 Å². The van der Waals surface area contributed by atoms with Gasteiger partial charge in [0.2, 0.25) is 0 Å². The van der Waals surface area contributed by atoms with Gasteiger partial charge in [-0.25, -0.2) is 2.90 Å². The van der Waals surface area contributed by atoms with Crippen LogP contribution in [0.3, 0.4) is 0 Å². The third kappa shape index (κ3) is 1.70. The SMILES string of the molecule is CC(C)c1ccc2nn(I)cc2c1. The largest absolute Gasteiger partial charge is 0.210 e. The Kier molecular flexibility index (Phi) is 2.27. The van der Waals surface area contributed by atoms with E-state index in [1.54, 1.807) is 0 Å². The standard InChI is InChI=1S/C10H11IN2/c1-7(2)8-3-4-10-9(5-8)6-13(11)12-10/h3-7H,1-2H3. The molecule has 1 aromatic carbocycles. The summed E-state index contributed by atoms with van der Waals surface area (Å²) in [5.41, 5.74) is 2.44. The van der Waals surface area contributed by atoms with Gasteiger partial charge < -0.3 is 0 Å². The Morgan fingerprint density at radius 3 is 2.85 bits per heavy atom. The van der Waals surface area contributed by atoms with E-state index in [1.807, 2.05) is 9.09 Å². The van der Waals surface area contributed by atoms with Crippen molar-refractivity contribution in [2.75, 3.05) is 0 Å². The number of hydrogen-bond acceptors (Lipinski definition) is 1. The minimum Gasteiger partial charge on any atom is -0.210 e. The second kappa shape index (κ2) is 3.29. The van der Waals surface area contributed by atoms with Gasteiger partial charge in [0, 0.05) is 11.6 Å². The number of fused-ring (bicyclic) bond motifs is 1. The number of nitrogens with zero attached hydrogens (tertiary/aromatic N) is 2. The van der Waals surface area contributed by atoms with Crippen LogP contribution in [0.25, 0.3) is 10.9 Å². The zero-order valence-electron chi connectivity index (χ0n) is 7.66. The average Bonchev–Trinajstić information content (AvgIpc) is 2.42. The van der Waals surface area contributed by atoms with Gasteiger partial charge >= 0.3 is 0 Å². The van der Waals surface area contributed by atoms with Crippen molar-refractivity contribution >= 4 is 33.8 Å². The van der Waals surface area contributed by atoms with Crippen LogP contribution in [0.2, 0.25) is 0 Å². The van der Waals surface area contributed by atoms with Gasteiger partial charge in [-0.15, -0.1) is 0 Å². The van der Waals surface area contributed by atoms with Crippen molar-refractivity contribution < 1.29 is 0 Å². The van der Waals surface area contributed by atoms with Crippen molar-refractivity contribution in [2.45, 2.75) is 19.8 Å². The zero-order chi connectivity index (χ0) is 9.42. The Bertz CT molecular complexity index is 431. The second-order valence-electron chi connectivity index (χ2n) is 3.49. The maximum atomic E-state index is 4.32. The summed E-state index contributed by atoms with van der Waals surface area (Å²) in [4.78, 5) is 0. The molecule has 3 heteroatoms. The van der Waals surface area contributed by atoms with Crippen molar-refractivity contribution in [3.63, 3.8) is 0 Å². The van der Waals surface area contributed by atoms with E-state index >= 15 is 0 Å². The van der Waals surface area contributed by atoms with E-state index in [1.165, 1.54) is 10.9 Å². The van der Waals surface area contributed by atoms with Crippen LogP contribution in [-0.4, -0.2) is 7.99 Å². The fraction of sp³-hybridized carbons (Fsp3) is 0.300. The predicted octanol–water partition coefficient (Wildman–Crippen LogP) is 3.36. The molecule has 1 heterocycles. The minimum atomic E-state index is 0.585. The quantitative estimate of drug-likeness (QED) is 0.735. The highest BCUT2D eigenvalue weighted by Crippen LogP contribution is 2.20. The lowest BCUT2D eigenvalue weighted by atomic mass is 10.0. The summed E-state index contributed by atoms with van der Waals surface area (Å²) in [7, 11) is 0. The van der Waals surface area contributed by atoms with Gasteiger partial charge in [0.05, 0.1) is 28.4 Å². The third-order valence-corrected chi connectivity index (χ3v) is 2.66. The van der Waals surface area contributed by atoms with Crippen molar-refractivity contribution in [3.05, 3.63) is 30.0 Å². The zero-order valence-corrected chi connectivity index (χ0v) is 9.82. The van der Waals surface area contributed by atoms with E-state index in [2.05, 4.69) is 60.0 Å². The van der Waals surface area contributed by atoms with Crippen LogP contribution in [0.1, 0.15) is 25.3 Å².